The largest absolute Gasteiger partial charge is 0.417 e. The summed E-state index contributed by atoms with van der Waals surface area (Å²) >= 11 is 3.14. The van der Waals surface area contributed by atoms with Gasteiger partial charge >= 0.3 is 5.76 Å². The lowest BCUT2D eigenvalue weighted by atomic mass is 10.3. The fourth-order valence-corrected chi connectivity index (χ4v) is 1.86. The number of anilines is 1. The number of nitrogens with zero attached hydrogens (tertiary/aromatic N) is 2. The third-order valence-corrected chi connectivity index (χ3v) is 2.94. The molecule has 0 radical (unpaired) electrons. The molecule has 0 saturated carbocycles. The predicted octanol–water partition coefficient (Wildman–Crippen LogP) is 1.93. The fourth-order valence-electron chi connectivity index (χ4n) is 1.65. The summed E-state index contributed by atoms with van der Waals surface area (Å²) in [4.78, 5) is 33.4. The lowest BCUT2D eigenvalue weighted by molar-refractivity contribution is 0.102. The highest BCUT2D eigenvalue weighted by atomic mass is 79.9. The SMILES string of the molecule is O=C(Nc1ccc2oc(=O)[nH]c2c1)c1cnc(Br)cn1. The van der Waals surface area contributed by atoms with Gasteiger partial charge in [0.05, 0.1) is 17.9 Å². The molecule has 2 aromatic heterocycles. The molecule has 0 atom stereocenters. The molecule has 3 aromatic rings. The number of hydrogen-bond donors (Lipinski definition) is 2. The van der Waals surface area contributed by atoms with Crippen LogP contribution in [0, 0.1) is 0 Å². The van der Waals surface area contributed by atoms with E-state index in [1.54, 1.807) is 18.2 Å². The van der Waals surface area contributed by atoms with E-state index in [-0.39, 0.29) is 5.69 Å². The molecule has 100 valence electrons. The Hall–Kier alpha value is -2.48. The molecule has 1 amide bonds. The number of hydrogen-bond acceptors (Lipinski definition) is 5. The summed E-state index contributed by atoms with van der Waals surface area (Å²) in [5, 5.41) is 2.66. The van der Waals surface area contributed by atoms with Gasteiger partial charge < -0.3 is 9.73 Å². The number of aromatic amines is 1. The number of carbonyl (C=O) groups excluding carboxylic acids is 1. The number of aromatic nitrogens is 3. The lowest BCUT2D eigenvalue weighted by Gasteiger charge is -2.04. The summed E-state index contributed by atoms with van der Waals surface area (Å²) in [5.41, 5.74) is 1.64. The highest BCUT2D eigenvalue weighted by Crippen LogP contribution is 2.16. The molecule has 20 heavy (non-hydrogen) atoms. The van der Waals surface area contributed by atoms with Crippen LogP contribution in [0.3, 0.4) is 0 Å². The van der Waals surface area contributed by atoms with Crippen LogP contribution >= 0.6 is 15.9 Å². The monoisotopic (exact) mass is 334 g/mol. The molecule has 0 spiro atoms. The Bertz CT molecular complexity index is 838. The van der Waals surface area contributed by atoms with Gasteiger partial charge in [0.1, 0.15) is 10.3 Å². The first-order valence-electron chi connectivity index (χ1n) is 5.53. The minimum Gasteiger partial charge on any atom is -0.408 e. The molecule has 2 heterocycles. The van der Waals surface area contributed by atoms with Crippen LogP contribution in [-0.2, 0) is 0 Å². The second-order valence-corrected chi connectivity index (χ2v) is 4.72. The molecule has 7 nitrogen and oxygen atoms in total. The van der Waals surface area contributed by atoms with Crippen LogP contribution in [0.5, 0.6) is 0 Å². The van der Waals surface area contributed by atoms with Crippen LogP contribution in [0.15, 0.2) is 44.4 Å². The van der Waals surface area contributed by atoms with Crippen LogP contribution < -0.4 is 11.1 Å². The van der Waals surface area contributed by atoms with Crippen LogP contribution in [-0.4, -0.2) is 20.9 Å². The van der Waals surface area contributed by atoms with Crippen molar-refractivity contribution in [1.29, 1.82) is 0 Å². The quantitative estimate of drug-likeness (QED) is 0.745. The number of carbonyl (C=O) groups is 1. The standard InChI is InChI=1S/C12H7BrN4O3/c13-10-5-14-8(4-15-10)11(18)16-6-1-2-9-7(3-6)17-12(19)20-9/h1-5H,(H,16,18)(H,17,19). The van der Waals surface area contributed by atoms with Gasteiger partial charge in [-0.15, -0.1) is 0 Å². The number of H-pyrrole nitrogens is 1. The van der Waals surface area contributed by atoms with Gasteiger partial charge in [0.15, 0.2) is 5.58 Å². The van der Waals surface area contributed by atoms with E-state index in [2.05, 4.69) is 36.2 Å². The fraction of sp³-hybridized carbons (Fsp3) is 0. The van der Waals surface area contributed by atoms with E-state index >= 15 is 0 Å². The second kappa shape index (κ2) is 4.89. The molecule has 2 N–H and O–H groups in total. The number of oxazole rings is 1. The number of benzene rings is 1. The van der Waals surface area contributed by atoms with Crippen molar-refractivity contribution in [3.63, 3.8) is 0 Å². The zero-order chi connectivity index (χ0) is 14.1. The molecule has 0 unspecified atom stereocenters. The smallest absolute Gasteiger partial charge is 0.408 e. The summed E-state index contributed by atoms with van der Waals surface area (Å²) in [6, 6.07) is 4.82. The molecule has 0 aliphatic carbocycles. The normalized spacial score (nSPS) is 10.7. The molecule has 1 aromatic carbocycles. The Morgan fingerprint density at radius 3 is 2.90 bits per heavy atom. The van der Waals surface area contributed by atoms with Crippen molar-refractivity contribution in [2.24, 2.45) is 0 Å². The van der Waals surface area contributed by atoms with Crippen molar-refractivity contribution in [3.05, 3.63) is 51.4 Å². The van der Waals surface area contributed by atoms with Crippen molar-refractivity contribution in [2.45, 2.75) is 0 Å². The van der Waals surface area contributed by atoms with Gasteiger partial charge in [-0.2, -0.15) is 0 Å². The molecular formula is C12H7BrN4O3. The van der Waals surface area contributed by atoms with Gasteiger partial charge in [0.2, 0.25) is 0 Å². The third-order valence-electron chi connectivity index (χ3n) is 2.53. The van der Waals surface area contributed by atoms with E-state index < -0.39 is 11.7 Å². The van der Waals surface area contributed by atoms with Crippen molar-refractivity contribution in [2.75, 3.05) is 5.32 Å². The van der Waals surface area contributed by atoms with E-state index in [0.717, 1.165) is 0 Å². The van der Waals surface area contributed by atoms with E-state index in [0.29, 0.717) is 21.4 Å². The minimum atomic E-state index is -0.540. The van der Waals surface area contributed by atoms with E-state index in [1.165, 1.54) is 12.4 Å². The summed E-state index contributed by atoms with van der Waals surface area (Å²) in [5.74, 6) is -0.933. The number of nitrogens with one attached hydrogen (secondary N) is 2. The minimum absolute atomic E-state index is 0.189. The van der Waals surface area contributed by atoms with Crippen LogP contribution in [0.4, 0.5) is 5.69 Å². The van der Waals surface area contributed by atoms with Gasteiger partial charge in [0.25, 0.3) is 5.91 Å². The average molecular weight is 335 g/mol. The Kier molecular flexibility index (Phi) is 3.07. The zero-order valence-corrected chi connectivity index (χ0v) is 11.5. The van der Waals surface area contributed by atoms with E-state index in [1.807, 2.05) is 0 Å². The van der Waals surface area contributed by atoms with Gasteiger partial charge in [0, 0.05) is 5.69 Å². The zero-order valence-electron chi connectivity index (χ0n) is 9.88. The summed E-state index contributed by atoms with van der Waals surface area (Å²) < 4.78 is 5.42. The first-order chi connectivity index (χ1) is 9.61. The molecule has 0 fully saturated rings. The van der Waals surface area contributed by atoms with Gasteiger partial charge in [-0.1, -0.05) is 0 Å². The van der Waals surface area contributed by atoms with Crippen molar-refractivity contribution >= 4 is 38.6 Å². The van der Waals surface area contributed by atoms with Crippen LogP contribution in [0.1, 0.15) is 10.5 Å². The molecule has 0 bridgehead atoms. The predicted molar refractivity (Wildman–Crippen MR) is 74.5 cm³/mol. The van der Waals surface area contributed by atoms with Crippen LogP contribution in [0.2, 0.25) is 0 Å². The molecule has 0 saturated heterocycles. The molecule has 0 aliphatic rings. The first kappa shape index (κ1) is 12.5. The number of halogens is 1. The van der Waals surface area contributed by atoms with E-state index in [9.17, 15) is 9.59 Å². The Morgan fingerprint density at radius 2 is 2.15 bits per heavy atom. The highest BCUT2D eigenvalue weighted by Gasteiger charge is 2.09. The summed E-state index contributed by atoms with van der Waals surface area (Å²) in [7, 11) is 0. The lowest BCUT2D eigenvalue weighted by Crippen LogP contribution is -2.13. The molecule has 0 aliphatic heterocycles. The maximum absolute atomic E-state index is 11.9. The van der Waals surface area contributed by atoms with Crippen molar-refractivity contribution in [3.8, 4) is 0 Å². The average Bonchev–Trinajstić information content (AvgIpc) is 2.78. The maximum Gasteiger partial charge on any atom is 0.417 e. The molecule has 8 heteroatoms. The van der Waals surface area contributed by atoms with Crippen LogP contribution in [0.25, 0.3) is 11.1 Å². The highest BCUT2D eigenvalue weighted by molar-refractivity contribution is 9.10. The molecular weight excluding hydrogens is 328 g/mol. The number of fused-ring (bicyclic) bond motifs is 1. The first-order valence-corrected chi connectivity index (χ1v) is 6.33. The van der Waals surface area contributed by atoms with Crippen molar-refractivity contribution in [1.82, 2.24) is 15.0 Å². The van der Waals surface area contributed by atoms with Gasteiger partial charge in [-0.25, -0.2) is 14.8 Å². The maximum atomic E-state index is 11.9. The third kappa shape index (κ3) is 2.45. The van der Waals surface area contributed by atoms with E-state index in [4.69, 9.17) is 4.42 Å². The summed E-state index contributed by atoms with van der Waals surface area (Å²) in [6.07, 6.45) is 2.79. The number of amides is 1. The Balaban J connectivity index is 1.86. The topological polar surface area (TPSA) is 101 Å². The van der Waals surface area contributed by atoms with Gasteiger partial charge in [-0.3, -0.25) is 9.78 Å². The van der Waals surface area contributed by atoms with Gasteiger partial charge in [-0.05, 0) is 34.1 Å². The second-order valence-electron chi connectivity index (χ2n) is 3.90. The van der Waals surface area contributed by atoms with Crippen molar-refractivity contribution < 1.29 is 9.21 Å². The number of rotatable bonds is 2. The summed E-state index contributed by atoms with van der Waals surface area (Å²) in [6.45, 7) is 0. The molecule has 3 rings (SSSR count). The Labute approximate surface area is 120 Å². The Morgan fingerprint density at radius 1 is 1.30 bits per heavy atom.